The van der Waals surface area contributed by atoms with E-state index >= 15 is 0 Å². The smallest absolute Gasteiger partial charge is 0.143 e. The Hall–Kier alpha value is -7.40. The van der Waals surface area contributed by atoms with Crippen LogP contribution < -0.4 is 19.3 Å². The molecule has 0 saturated carbocycles. The van der Waals surface area contributed by atoms with Crippen molar-refractivity contribution in [3.63, 3.8) is 0 Å². The normalized spacial score (nSPS) is 12.6. The van der Waals surface area contributed by atoms with Gasteiger partial charge in [0, 0.05) is 78.5 Å². The van der Waals surface area contributed by atoms with Crippen molar-refractivity contribution < 1.29 is 30.5 Å². The van der Waals surface area contributed by atoms with Crippen molar-refractivity contribution in [3.05, 3.63) is 224 Å². The third-order valence-electron chi connectivity index (χ3n) is 12.7. The van der Waals surface area contributed by atoms with E-state index in [0.29, 0.717) is 23.1 Å². The molecule has 0 N–H and O–H groups in total. The third-order valence-corrected chi connectivity index (χ3v) is 12.7. The molecular weight excluding hydrogens is 1030 g/mol. The Kier molecular flexibility index (Phi) is 12.0. The van der Waals surface area contributed by atoms with Gasteiger partial charge in [0.1, 0.15) is 17.3 Å². The van der Waals surface area contributed by atoms with E-state index in [4.69, 9.17) is 14.5 Å². The van der Waals surface area contributed by atoms with Crippen LogP contribution in [0.5, 0.6) is 23.0 Å². The largest absolute Gasteiger partial charge is 0.509 e. The standard InChI is InChI=1S/C62H51N4O2.Pt/c1-61(2,3)44-35-45(62(4,5)6)37-47(36-44)65-41-64(56-29-15-16-30-57(56)65)46-23-17-24-48(38-46)67-49-31-32-54-53-25-13-14-28-55(53)66(58(54)39-49)59-40-50(33-34-63-59)68-60-51(42-19-9-7-10-20-42)26-18-27-52(60)43-21-11-8-12-22-43;/h7-37,40-41H,1-6H3;/q-3;. The SMILES string of the molecule is CC(C)(C)c1cc(N2[CH-]N(c3[c-]c(Oc4[c-]c5c(cc4)c4ccccc4n5-c4cc(Oc5c(-c6ccccc6)cccc5-c5ccccc5)ccn4)ccc3)c3ccccc32)cc(C(C)(C)C)c1.[Pt]. The summed E-state index contributed by atoms with van der Waals surface area (Å²) >= 11 is 0. The number of fused-ring (bicyclic) bond motifs is 4. The average molecular weight is 1080 g/mol. The zero-order valence-corrected chi connectivity index (χ0v) is 41.7. The number of aromatic nitrogens is 2. The maximum Gasteiger partial charge on any atom is 0.143 e. The first-order valence-electron chi connectivity index (χ1n) is 23.2. The van der Waals surface area contributed by atoms with Crippen LogP contribution >= 0.6 is 0 Å². The minimum absolute atomic E-state index is 0. The predicted molar refractivity (Wildman–Crippen MR) is 279 cm³/mol. The Morgan fingerprint density at radius 3 is 1.77 bits per heavy atom. The van der Waals surface area contributed by atoms with Crippen molar-refractivity contribution in [1.82, 2.24) is 9.55 Å². The van der Waals surface area contributed by atoms with Gasteiger partial charge in [0.15, 0.2) is 0 Å². The van der Waals surface area contributed by atoms with Gasteiger partial charge in [-0.25, -0.2) is 4.98 Å². The molecule has 0 radical (unpaired) electrons. The molecule has 344 valence electrons. The molecule has 0 bridgehead atoms. The van der Waals surface area contributed by atoms with Gasteiger partial charge in [0.2, 0.25) is 0 Å². The number of hydrogen-bond acceptors (Lipinski definition) is 5. The molecule has 0 unspecified atom stereocenters. The van der Waals surface area contributed by atoms with Crippen molar-refractivity contribution >= 4 is 44.6 Å². The first kappa shape index (κ1) is 45.4. The molecule has 7 heteroatoms. The van der Waals surface area contributed by atoms with Gasteiger partial charge in [-0.15, -0.1) is 48.1 Å². The first-order valence-corrected chi connectivity index (χ1v) is 23.2. The minimum atomic E-state index is -0.0134. The number of pyridine rings is 1. The topological polar surface area (TPSA) is 42.8 Å². The van der Waals surface area contributed by atoms with E-state index in [1.165, 1.54) is 11.1 Å². The summed E-state index contributed by atoms with van der Waals surface area (Å²) in [6, 6.07) is 72.2. The second-order valence-corrected chi connectivity index (χ2v) is 19.4. The summed E-state index contributed by atoms with van der Waals surface area (Å²) in [6.07, 6.45) is 1.80. The molecule has 0 atom stereocenters. The van der Waals surface area contributed by atoms with E-state index in [9.17, 15) is 0 Å². The quantitative estimate of drug-likeness (QED) is 0.135. The van der Waals surface area contributed by atoms with E-state index in [1.807, 2.05) is 42.5 Å². The Labute approximate surface area is 419 Å². The fourth-order valence-corrected chi connectivity index (χ4v) is 9.09. The summed E-state index contributed by atoms with van der Waals surface area (Å²) in [5, 5.41) is 2.12. The molecular formula is C62H51N4O2Pt-3. The number of hydrogen-bond donors (Lipinski definition) is 0. The van der Waals surface area contributed by atoms with Gasteiger partial charge < -0.3 is 23.8 Å². The maximum atomic E-state index is 6.96. The fraction of sp³-hybridized carbons (Fsp3) is 0.129. The summed E-state index contributed by atoms with van der Waals surface area (Å²) in [6.45, 7) is 15.8. The number of nitrogens with zero attached hydrogens (tertiary/aromatic N) is 4. The molecule has 0 aliphatic carbocycles. The van der Waals surface area contributed by atoms with Crippen LogP contribution in [0.4, 0.5) is 22.7 Å². The zero-order valence-electron chi connectivity index (χ0n) is 39.5. The number of benzene rings is 8. The molecule has 1 aliphatic heterocycles. The average Bonchev–Trinajstić information content (AvgIpc) is 3.90. The Bertz CT molecular complexity index is 3390. The number of para-hydroxylation sites is 4. The molecule has 69 heavy (non-hydrogen) atoms. The fourth-order valence-electron chi connectivity index (χ4n) is 9.09. The second-order valence-electron chi connectivity index (χ2n) is 19.4. The van der Waals surface area contributed by atoms with E-state index in [2.05, 4.69) is 220 Å². The van der Waals surface area contributed by atoms with Crippen LogP contribution in [0, 0.1) is 18.8 Å². The van der Waals surface area contributed by atoms with Crippen LogP contribution in [0.25, 0.3) is 49.9 Å². The van der Waals surface area contributed by atoms with E-state index < -0.39 is 0 Å². The molecule has 0 fully saturated rings. The van der Waals surface area contributed by atoms with Crippen LogP contribution in [0.15, 0.2) is 194 Å². The first-order chi connectivity index (χ1) is 33.0. The van der Waals surface area contributed by atoms with Gasteiger partial charge >= 0.3 is 0 Å². The molecule has 0 amide bonds. The number of anilines is 4. The van der Waals surface area contributed by atoms with E-state index in [0.717, 1.165) is 72.6 Å². The Balaban J connectivity index is 0.00000553. The molecule has 8 aromatic carbocycles. The summed E-state index contributed by atoms with van der Waals surface area (Å²) in [5.41, 5.74) is 12.7. The van der Waals surface area contributed by atoms with Crippen molar-refractivity contribution in [2.45, 2.75) is 52.4 Å². The summed E-state index contributed by atoms with van der Waals surface area (Å²) in [4.78, 5) is 9.42. The van der Waals surface area contributed by atoms with Gasteiger partial charge in [-0.2, -0.15) is 12.1 Å². The Morgan fingerprint density at radius 2 is 1.10 bits per heavy atom. The van der Waals surface area contributed by atoms with Crippen molar-refractivity contribution in [3.8, 4) is 51.1 Å². The van der Waals surface area contributed by atoms with Gasteiger partial charge in [-0.05, 0) is 74.9 Å². The molecule has 11 rings (SSSR count). The van der Waals surface area contributed by atoms with Crippen LogP contribution in [-0.4, -0.2) is 9.55 Å². The van der Waals surface area contributed by atoms with Crippen molar-refractivity contribution in [2.24, 2.45) is 0 Å². The molecule has 0 saturated heterocycles. The summed E-state index contributed by atoms with van der Waals surface area (Å²) in [7, 11) is 0. The molecule has 6 nitrogen and oxygen atoms in total. The molecule has 0 spiro atoms. The van der Waals surface area contributed by atoms with E-state index in [-0.39, 0.29) is 31.9 Å². The third kappa shape index (κ3) is 8.82. The van der Waals surface area contributed by atoms with Gasteiger partial charge in [0.25, 0.3) is 0 Å². The van der Waals surface area contributed by atoms with Crippen molar-refractivity contribution in [2.75, 3.05) is 9.80 Å². The predicted octanol–water partition coefficient (Wildman–Crippen LogP) is 16.7. The number of ether oxygens (including phenoxy) is 2. The minimum Gasteiger partial charge on any atom is -0.509 e. The second kappa shape index (κ2) is 18.3. The van der Waals surface area contributed by atoms with Crippen LogP contribution in [0.1, 0.15) is 52.7 Å². The summed E-state index contributed by atoms with van der Waals surface area (Å²) < 4.78 is 15.8. The molecule has 3 heterocycles. The molecule has 2 aromatic heterocycles. The van der Waals surface area contributed by atoms with Crippen LogP contribution in [0.2, 0.25) is 0 Å². The molecule has 1 aliphatic rings. The van der Waals surface area contributed by atoms with Gasteiger partial charge in [-0.3, -0.25) is 0 Å². The molecule has 10 aromatic rings. The maximum absolute atomic E-state index is 6.96. The number of rotatable bonds is 9. The zero-order chi connectivity index (χ0) is 46.6. The van der Waals surface area contributed by atoms with Gasteiger partial charge in [-0.1, -0.05) is 162 Å². The summed E-state index contributed by atoms with van der Waals surface area (Å²) in [5.74, 6) is 3.28. The van der Waals surface area contributed by atoms with Crippen molar-refractivity contribution in [1.29, 1.82) is 0 Å². The van der Waals surface area contributed by atoms with Gasteiger partial charge in [0.05, 0.1) is 0 Å². The van der Waals surface area contributed by atoms with Crippen LogP contribution in [-0.2, 0) is 31.9 Å². The Morgan fingerprint density at radius 1 is 0.507 bits per heavy atom. The van der Waals surface area contributed by atoms with Crippen LogP contribution in [0.3, 0.4) is 0 Å². The van der Waals surface area contributed by atoms with E-state index in [1.54, 1.807) is 6.20 Å². The monoisotopic (exact) mass is 1080 g/mol.